The summed E-state index contributed by atoms with van der Waals surface area (Å²) in [5.74, 6) is 0.588. The van der Waals surface area contributed by atoms with Crippen molar-refractivity contribution in [1.82, 2.24) is 15.1 Å². The van der Waals surface area contributed by atoms with Crippen LogP contribution in [0.2, 0.25) is 0 Å². The number of nitrogens with one attached hydrogen (secondary N) is 2. The molecule has 0 aliphatic rings. The molecule has 0 aromatic carbocycles. The summed E-state index contributed by atoms with van der Waals surface area (Å²) in [7, 11) is 0. The summed E-state index contributed by atoms with van der Waals surface area (Å²) in [5.41, 5.74) is 0. The van der Waals surface area contributed by atoms with Gasteiger partial charge in [0.1, 0.15) is 5.82 Å². The van der Waals surface area contributed by atoms with Gasteiger partial charge in [0.25, 0.3) is 0 Å². The van der Waals surface area contributed by atoms with Gasteiger partial charge in [-0.2, -0.15) is 5.10 Å². The first-order valence-electron chi connectivity index (χ1n) is 6.62. The first-order chi connectivity index (χ1) is 9.04. The number of rotatable bonds is 7. The van der Waals surface area contributed by atoms with Gasteiger partial charge in [-0.15, -0.1) is 0 Å². The van der Waals surface area contributed by atoms with Gasteiger partial charge in [-0.05, 0) is 19.8 Å². The summed E-state index contributed by atoms with van der Waals surface area (Å²) in [4.78, 5) is 22.4. The number of hydrogen-bond acceptors (Lipinski definition) is 3. The van der Waals surface area contributed by atoms with E-state index in [2.05, 4.69) is 29.6 Å². The maximum absolute atomic E-state index is 11.8. The van der Waals surface area contributed by atoms with Gasteiger partial charge in [-0.25, -0.2) is 4.68 Å². The van der Waals surface area contributed by atoms with Gasteiger partial charge in [0.15, 0.2) is 0 Å². The fraction of sp³-hybridized carbons (Fsp3) is 0.615. The predicted octanol–water partition coefficient (Wildman–Crippen LogP) is 1.71. The minimum Gasteiger partial charge on any atom is -0.356 e. The highest BCUT2D eigenvalue weighted by Crippen LogP contribution is 2.16. The summed E-state index contributed by atoms with van der Waals surface area (Å²) < 4.78 is 1.81. The van der Waals surface area contributed by atoms with E-state index in [0.717, 1.165) is 12.2 Å². The van der Waals surface area contributed by atoms with Gasteiger partial charge < -0.3 is 10.6 Å². The Morgan fingerprint density at radius 1 is 1.47 bits per heavy atom. The number of carbonyl (C=O) groups excluding carboxylic acids is 2. The predicted molar refractivity (Wildman–Crippen MR) is 73.8 cm³/mol. The molecular weight excluding hydrogens is 244 g/mol. The average molecular weight is 266 g/mol. The lowest BCUT2D eigenvalue weighted by atomic mass is 10.2. The van der Waals surface area contributed by atoms with Crippen molar-refractivity contribution in [2.75, 3.05) is 11.9 Å². The molecule has 0 fully saturated rings. The van der Waals surface area contributed by atoms with E-state index in [-0.39, 0.29) is 17.9 Å². The largest absolute Gasteiger partial charge is 0.356 e. The molecule has 0 spiro atoms. The number of hydrogen-bond donors (Lipinski definition) is 2. The minimum atomic E-state index is -0.0738. The number of amides is 2. The van der Waals surface area contributed by atoms with Gasteiger partial charge in [-0.1, -0.05) is 6.92 Å². The van der Waals surface area contributed by atoms with Crippen LogP contribution in [0.15, 0.2) is 12.3 Å². The van der Waals surface area contributed by atoms with E-state index in [1.807, 2.05) is 4.68 Å². The van der Waals surface area contributed by atoms with Crippen LogP contribution < -0.4 is 10.6 Å². The molecule has 0 radical (unpaired) electrons. The highest BCUT2D eigenvalue weighted by molar-refractivity contribution is 5.89. The quantitative estimate of drug-likeness (QED) is 0.738. The summed E-state index contributed by atoms with van der Waals surface area (Å²) in [6, 6.07) is 2.04. The molecule has 1 aromatic rings. The van der Waals surface area contributed by atoms with Crippen molar-refractivity contribution >= 4 is 17.6 Å². The maximum Gasteiger partial charge on any atom is 0.225 e. The van der Waals surface area contributed by atoms with Crippen molar-refractivity contribution in [3.8, 4) is 0 Å². The Balaban J connectivity index is 2.40. The zero-order valence-electron chi connectivity index (χ0n) is 11.8. The van der Waals surface area contributed by atoms with Crippen molar-refractivity contribution in [3.05, 3.63) is 12.3 Å². The second-order valence-corrected chi connectivity index (χ2v) is 4.55. The molecule has 1 aromatic heterocycles. The number of carbonyl (C=O) groups is 2. The summed E-state index contributed by atoms with van der Waals surface area (Å²) in [5, 5.41) is 9.71. The highest BCUT2D eigenvalue weighted by Gasteiger charge is 2.10. The molecule has 6 heteroatoms. The van der Waals surface area contributed by atoms with Crippen LogP contribution in [0.4, 0.5) is 5.82 Å². The molecule has 2 N–H and O–H groups in total. The Morgan fingerprint density at radius 3 is 2.84 bits per heavy atom. The van der Waals surface area contributed by atoms with E-state index in [9.17, 15) is 9.59 Å². The zero-order chi connectivity index (χ0) is 14.3. The van der Waals surface area contributed by atoms with E-state index < -0.39 is 0 Å². The first kappa shape index (κ1) is 15.2. The second kappa shape index (κ2) is 7.56. The van der Waals surface area contributed by atoms with Crippen molar-refractivity contribution < 1.29 is 9.59 Å². The van der Waals surface area contributed by atoms with E-state index in [1.54, 1.807) is 12.3 Å². The molecule has 1 rings (SSSR count). The smallest absolute Gasteiger partial charge is 0.225 e. The van der Waals surface area contributed by atoms with Crippen molar-refractivity contribution in [3.63, 3.8) is 0 Å². The Hall–Kier alpha value is -1.85. The molecule has 0 aliphatic carbocycles. The van der Waals surface area contributed by atoms with Gasteiger partial charge in [0.2, 0.25) is 11.8 Å². The third-order valence-electron chi connectivity index (χ3n) is 2.90. The molecule has 6 nitrogen and oxygen atoms in total. The van der Waals surface area contributed by atoms with Crippen molar-refractivity contribution in [1.29, 1.82) is 0 Å². The lowest BCUT2D eigenvalue weighted by Crippen LogP contribution is -2.23. The van der Waals surface area contributed by atoms with Crippen LogP contribution in [-0.2, 0) is 9.59 Å². The Bertz CT molecular complexity index is 428. The topological polar surface area (TPSA) is 76.0 Å². The molecule has 1 atom stereocenters. The van der Waals surface area contributed by atoms with Crippen LogP contribution in [0, 0.1) is 0 Å². The van der Waals surface area contributed by atoms with E-state index in [1.165, 1.54) is 6.92 Å². The summed E-state index contributed by atoms with van der Waals surface area (Å²) in [6.45, 7) is 6.11. The van der Waals surface area contributed by atoms with Crippen LogP contribution in [0.25, 0.3) is 0 Å². The molecular formula is C13H22N4O2. The van der Waals surface area contributed by atoms with Crippen LogP contribution in [-0.4, -0.2) is 28.1 Å². The molecule has 0 unspecified atom stereocenters. The Kier molecular flexibility index (Phi) is 6.05. The molecule has 106 valence electrons. The third kappa shape index (κ3) is 5.11. The normalized spacial score (nSPS) is 11.9. The average Bonchev–Trinajstić information content (AvgIpc) is 2.81. The van der Waals surface area contributed by atoms with E-state index in [4.69, 9.17) is 0 Å². The number of anilines is 1. The minimum absolute atomic E-state index is 0.0598. The number of nitrogens with zero attached hydrogens (tertiary/aromatic N) is 2. The summed E-state index contributed by atoms with van der Waals surface area (Å²) in [6.07, 6.45) is 3.64. The second-order valence-electron chi connectivity index (χ2n) is 4.55. The van der Waals surface area contributed by atoms with Crippen molar-refractivity contribution in [2.24, 2.45) is 0 Å². The summed E-state index contributed by atoms with van der Waals surface area (Å²) >= 11 is 0. The number of aromatic nitrogens is 2. The molecule has 2 amide bonds. The monoisotopic (exact) mass is 266 g/mol. The van der Waals surface area contributed by atoms with Crippen LogP contribution in [0.1, 0.15) is 46.1 Å². The zero-order valence-corrected chi connectivity index (χ0v) is 11.8. The van der Waals surface area contributed by atoms with Crippen LogP contribution in [0.3, 0.4) is 0 Å². The van der Waals surface area contributed by atoms with Gasteiger partial charge in [0.05, 0.1) is 12.2 Å². The van der Waals surface area contributed by atoms with Gasteiger partial charge in [0, 0.05) is 26.0 Å². The standard InChI is InChI=1S/C13H22N4O2/c1-4-10(2)17-12(7-9-15-17)16-13(19)6-5-8-14-11(3)18/h7,9-10H,4-6,8H2,1-3H3,(H,14,18)(H,16,19)/t10-/m1/s1. The van der Waals surface area contributed by atoms with Gasteiger partial charge >= 0.3 is 0 Å². The SMILES string of the molecule is CC[C@@H](C)n1nccc1NC(=O)CCCNC(C)=O. The Labute approximate surface area is 113 Å². The van der Waals surface area contributed by atoms with Crippen LogP contribution in [0.5, 0.6) is 0 Å². The van der Waals surface area contributed by atoms with Crippen LogP contribution >= 0.6 is 0 Å². The van der Waals surface area contributed by atoms with Crippen molar-refractivity contribution in [2.45, 2.75) is 46.1 Å². The molecule has 19 heavy (non-hydrogen) atoms. The third-order valence-corrected chi connectivity index (χ3v) is 2.90. The lowest BCUT2D eigenvalue weighted by Gasteiger charge is -2.14. The fourth-order valence-corrected chi connectivity index (χ4v) is 1.66. The van der Waals surface area contributed by atoms with E-state index in [0.29, 0.717) is 19.4 Å². The van der Waals surface area contributed by atoms with Gasteiger partial charge in [-0.3, -0.25) is 9.59 Å². The molecule has 0 aliphatic heterocycles. The Morgan fingerprint density at radius 2 is 2.21 bits per heavy atom. The lowest BCUT2D eigenvalue weighted by molar-refractivity contribution is -0.119. The first-order valence-corrected chi connectivity index (χ1v) is 6.62. The molecule has 0 saturated carbocycles. The molecule has 1 heterocycles. The molecule has 0 bridgehead atoms. The van der Waals surface area contributed by atoms with E-state index >= 15 is 0 Å². The molecule has 0 saturated heterocycles. The highest BCUT2D eigenvalue weighted by atomic mass is 16.2. The fourth-order valence-electron chi connectivity index (χ4n) is 1.66. The maximum atomic E-state index is 11.8.